The minimum absolute atomic E-state index is 0.183. The minimum atomic E-state index is -0.818. The first kappa shape index (κ1) is 11.4. The molecule has 2 N–H and O–H groups in total. The summed E-state index contributed by atoms with van der Waals surface area (Å²) < 4.78 is 0. The largest absolute Gasteiger partial charge is 0.508 e. The third-order valence-corrected chi connectivity index (χ3v) is 2.24. The second kappa shape index (κ2) is 4.68. The first-order valence-corrected chi connectivity index (χ1v) is 4.73. The Morgan fingerprint density at radius 1 is 1.53 bits per heavy atom. The Balaban J connectivity index is 2.68. The van der Waals surface area contributed by atoms with Crippen LogP contribution in [0.25, 0.3) is 0 Å². The van der Waals surface area contributed by atoms with Crippen LogP contribution in [0.5, 0.6) is 5.75 Å². The van der Waals surface area contributed by atoms with E-state index in [0.29, 0.717) is 6.54 Å². The Hall–Kier alpha value is -1.71. The highest BCUT2D eigenvalue weighted by molar-refractivity contribution is 5.70. The topological polar surface area (TPSA) is 60.8 Å². The molecule has 4 nitrogen and oxygen atoms in total. The zero-order valence-electron chi connectivity index (χ0n) is 8.84. The summed E-state index contributed by atoms with van der Waals surface area (Å²) >= 11 is 0. The van der Waals surface area contributed by atoms with Crippen LogP contribution >= 0.6 is 0 Å². The number of rotatable bonds is 4. The molecule has 1 rings (SSSR count). The van der Waals surface area contributed by atoms with Gasteiger partial charge in [0.1, 0.15) is 5.75 Å². The van der Waals surface area contributed by atoms with E-state index in [1.54, 1.807) is 37.1 Å². The summed E-state index contributed by atoms with van der Waals surface area (Å²) in [7, 11) is 1.80. The summed E-state index contributed by atoms with van der Waals surface area (Å²) in [5, 5.41) is 18.0. The lowest BCUT2D eigenvalue weighted by Gasteiger charge is -2.21. The summed E-state index contributed by atoms with van der Waals surface area (Å²) in [6.07, 6.45) is 0. The number of aliphatic carboxylic acids is 1. The van der Waals surface area contributed by atoms with E-state index in [9.17, 15) is 9.90 Å². The highest BCUT2D eigenvalue weighted by Crippen LogP contribution is 2.19. The van der Waals surface area contributed by atoms with Gasteiger partial charge in [0.2, 0.25) is 0 Å². The normalized spacial score (nSPS) is 12.1. The number of carboxylic acid groups (broad SMARTS) is 1. The Bertz CT molecular complexity index is 351. The van der Waals surface area contributed by atoms with Gasteiger partial charge >= 0.3 is 5.97 Å². The molecule has 0 aliphatic rings. The number of hydrogen-bond acceptors (Lipinski definition) is 3. The molecule has 0 aliphatic carbocycles. The van der Waals surface area contributed by atoms with Gasteiger partial charge in [-0.05, 0) is 12.1 Å². The predicted molar refractivity (Wildman–Crippen MR) is 58.2 cm³/mol. The Labute approximate surface area is 88.8 Å². The second-order valence-corrected chi connectivity index (χ2v) is 3.64. The van der Waals surface area contributed by atoms with Crippen molar-refractivity contribution in [2.24, 2.45) is 5.92 Å². The third-order valence-electron chi connectivity index (χ3n) is 2.24. The van der Waals surface area contributed by atoms with Crippen molar-refractivity contribution < 1.29 is 15.0 Å². The molecule has 1 aromatic rings. The Morgan fingerprint density at radius 2 is 2.20 bits per heavy atom. The maximum absolute atomic E-state index is 10.7. The van der Waals surface area contributed by atoms with Gasteiger partial charge in [-0.1, -0.05) is 13.0 Å². The molecule has 1 unspecified atom stereocenters. The highest BCUT2D eigenvalue weighted by Gasteiger charge is 2.13. The van der Waals surface area contributed by atoms with Gasteiger partial charge in [-0.15, -0.1) is 0 Å². The van der Waals surface area contributed by atoms with Gasteiger partial charge in [0.05, 0.1) is 5.92 Å². The minimum Gasteiger partial charge on any atom is -0.508 e. The zero-order chi connectivity index (χ0) is 11.4. The summed E-state index contributed by atoms with van der Waals surface area (Å²) in [5.41, 5.74) is 0.808. The van der Waals surface area contributed by atoms with E-state index in [1.807, 2.05) is 6.07 Å². The number of nitrogens with zero attached hydrogens (tertiary/aromatic N) is 1. The quantitative estimate of drug-likeness (QED) is 0.789. The van der Waals surface area contributed by atoms with E-state index in [-0.39, 0.29) is 5.75 Å². The smallest absolute Gasteiger partial charge is 0.308 e. The Kier molecular flexibility index (Phi) is 3.55. The van der Waals surface area contributed by atoms with Crippen LogP contribution in [0.15, 0.2) is 24.3 Å². The van der Waals surface area contributed by atoms with E-state index >= 15 is 0 Å². The third kappa shape index (κ3) is 3.16. The molecular weight excluding hydrogens is 194 g/mol. The molecule has 0 spiro atoms. The van der Waals surface area contributed by atoms with Crippen LogP contribution in [0.4, 0.5) is 5.69 Å². The number of phenols is 1. The summed E-state index contributed by atoms with van der Waals surface area (Å²) in [6.45, 7) is 2.07. The summed E-state index contributed by atoms with van der Waals surface area (Å²) in [4.78, 5) is 12.5. The summed E-state index contributed by atoms with van der Waals surface area (Å²) in [5.74, 6) is -1.07. The molecule has 0 aromatic heterocycles. The fourth-order valence-electron chi connectivity index (χ4n) is 1.32. The van der Waals surface area contributed by atoms with E-state index in [2.05, 4.69) is 0 Å². The van der Waals surface area contributed by atoms with Crippen LogP contribution in [0.2, 0.25) is 0 Å². The molecule has 0 aliphatic heterocycles. The Morgan fingerprint density at radius 3 is 2.73 bits per heavy atom. The molecule has 1 aromatic carbocycles. The molecule has 0 amide bonds. The average molecular weight is 209 g/mol. The molecule has 0 fully saturated rings. The van der Waals surface area contributed by atoms with Gasteiger partial charge in [-0.25, -0.2) is 0 Å². The molecule has 0 bridgehead atoms. The van der Waals surface area contributed by atoms with Crippen LogP contribution in [-0.2, 0) is 4.79 Å². The van der Waals surface area contributed by atoms with Gasteiger partial charge in [-0.2, -0.15) is 0 Å². The van der Waals surface area contributed by atoms with Crippen molar-refractivity contribution in [2.45, 2.75) is 6.92 Å². The number of benzene rings is 1. The van der Waals surface area contributed by atoms with Gasteiger partial charge in [0.25, 0.3) is 0 Å². The lowest BCUT2D eigenvalue weighted by atomic mass is 10.1. The van der Waals surface area contributed by atoms with Crippen molar-refractivity contribution in [2.75, 3.05) is 18.5 Å². The van der Waals surface area contributed by atoms with Crippen LogP contribution in [0.3, 0.4) is 0 Å². The molecular formula is C11H15NO3. The standard InChI is InChI=1S/C11H15NO3/c1-8(11(14)15)7-12(2)9-4-3-5-10(13)6-9/h3-6,8,13H,7H2,1-2H3,(H,14,15). The first-order valence-electron chi connectivity index (χ1n) is 4.73. The van der Waals surface area contributed by atoms with Crippen molar-refractivity contribution >= 4 is 11.7 Å². The maximum atomic E-state index is 10.7. The van der Waals surface area contributed by atoms with Gasteiger partial charge in [0, 0.05) is 25.3 Å². The lowest BCUT2D eigenvalue weighted by Crippen LogP contribution is -2.28. The van der Waals surface area contributed by atoms with Crippen molar-refractivity contribution in [1.82, 2.24) is 0 Å². The van der Waals surface area contributed by atoms with E-state index in [1.165, 1.54) is 0 Å². The molecule has 82 valence electrons. The van der Waals surface area contributed by atoms with E-state index in [4.69, 9.17) is 5.11 Å². The molecule has 4 heteroatoms. The fraction of sp³-hybridized carbons (Fsp3) is 0.364. The highest BCUT2D eigenvalue weighted by atomic mass is 16.4. The van der Waals surface area contributed by atoms with E-state index < -0.39 is 11.9 Å². The molecule has 1 atom stereocenters. The van der Waals surface area contributed by atoms with Crippen LogP contribution in [-0.4, -0.2) is 29.8 Å². The number of phenolic OH excluding ortho intramolecular Hbond substituents is 1. The van der Waals surface area contributed by atoms with Gasteiger partial charge in [0.15, 0.2) is 0 Å². The number of hydrogen-bond donors (Lipinski definition) is 2. The molecule has 0 saturated heterocycles. The van der Waals surface area contributed by atoms with Gasteiger partial charge < -0.3 is 15.1 Å². The van der Waals surface area contributed by atoms with Crippen molar-refractivity contribution in [3.8, 4) is 5.75 Å². The number of anilines is 1. The van der Waals surface area contributed by atoms with Crippen molar-refractivity contribution in [3.63, 3.8) is 0 Å². The van der Waals surface area contributed by atoms with Crippen LogP contribution in [0.1, 0.15) is 6.92 Å². The maximum Gasteiger partial charge on any atom is 0.308 e. The SMILES string of the molecule is CC(CN(C)c1cccc(O)c1)C(=O)O. The van der Waals surface area contributed by atoms with Crippen molar-refractivity contribution in [3.05, 3.63) is 24.3 Å². The number of carboxylic acids is 1. The first-order chi connectivity index (χ1) is 7.00. The zero-order valence-corrected chi connectivity index (χ0v) is 8.84. The predicted octanol–water partition coefficient (Wildman–Crippen LogP) is 1.55. The fourth-order valence-corrected chi connectivity index (χ4v) is 1.32. The average Bonchev–Trinajstić information content (AvgIpc) is 2.17. The monoisotopic (exact) mass is 209 g/mol. The van der Waals surface area contributed by atoms with Crippen molar-refractivity contribution in [1.29, 1.82) is 0 Å². The number of carbonyl (C=O) groups is 1. The van der Waals surface area contributed by atoms with Crippen LogP contribution in [0, 0.1) is 5.92 Å². The summed E-state index contributed by atoms with van der Waals surface area (Å²) in [6, 6.07) is 6.74. The molecule has 0 heterocycles. The van der Waals surface area contributed by atoms with E-state index in [0.717, 1.165) is 5.69 Å². The molecule has 15 heavy (non-hydrogen) atoms. The molecule has 0 radical (unpaired) electrons. The van der Waals surface area contributed by atoms with Crippen LogP contribution < -0.4 is 4.90 Å². The lowest BCUT2D eigenvalue weighted by molar-refractivity contribution is -0.140. The molecule has 0 saturated carbocycles. The number of aromatic hydroxyl groups is 1. The second-order valence-electron chi connectivity index (χ2n) is 3.64. The van der Waals surface area contributed by atoms with Gasteiger partial charge in [-0.3, -0.25) is 4.79 Å².